The average molecular weight is 250 g/mol. The van der Waals surface area contributed by atoms with Gasteiger partial charge >= 0.3 is 0 Å². The van der Waals surface area contributed by atoms with E-state index in [9.17, 15) is 0 Å². The van der Waals surface area contributed by atoms with Crippen LogP contribution in [0.3, 0.4) is 0 Å². The normalized spacial score (nSPS) is 14.5. The molecule has 13 heavy (non-hydrogen) atoms. The summed E-state index contributed by atoms with van der Waals surface area (Å²) < 4.78 is 0. The van der Waals surface area contributed by atoms with Gasteiger partial charge in [0.25, 0.3) is 0 Å². The van der Waals surface area contributed by atoms with Crippen molar-refractivity contribution < 1.29 is 0 Å². The number of alkyl halides is 1. The Hall–Kier alpha value is 0.440. The molecule has 0 aliphatic rings. The molecular weight excluding hydrogens is 226 g/mol. The molecule has 1 N–H and O–H groups in total. The van der Waals surface area contributed by atoms with E-state index < -0.39 is 0 Å². The molecule has 0 rings (SSSR count). The third-order valence-corrected chi connectivity index (χ3v) is 2.72. The van der Waals surface area contributed by atoms with Crippen molar-refractivity contribution in [2.24, 2.45) is 5.41 Å². The van der Waals surface area contributed by atoms with Crippen molar-refractivity contribution in [1.82, 2.24) is 5.32 Å². The maximum absolute atomic E-state index is 3.60. The van der Waals surface area contributed by atoms with Crippen LogP contribution in [-0.2, 0) is 0 Å². The lowest BCUT2D eigenvalue weighted by atomic mass is 9.92. The summed E-state index contributed by atoms with van der Waals surface area (Å²) in [6.07, 6.45) is 3.72. The maximum Gasteiger partial charge on any atom is 0.00723 e. The highest BCUT2D eigenvalue weighted by atomic mass is 79.9. The second-order valence-electron chi connectivity index (χ2n) is 4.85. The van der Waals surface area contributed by atoms with Gasteiger partial charge in [-0.15, -0.1) is 0 Å². The van der Waals surface area contributed by atoms with Crippen LogP contribution >= 0.6 is 15.9 Å². The third kappa shape index (κ3) is 8.76. The minimum Gasteiger partial charge on any atom is -0.314 e. The van der Waals surface area contributed by atoms with Crippen molar-refractivity contribution >= 4 is 15.9 Å². The molecule has 1 nitrogen and oxygen atoms in total. The van der Waals surface area contributed by atoms with Gasteiger partial charge in [-0.25, -0.2) is 0 Å². The molecule has 80 valence electrons. The highest BCUT2D eigenvalue weighted by Crippen LogP contribution is 2.17. The third-order valence-electron chi connectivity index (χ3n) is 2.26. The fraction of sp³-hybridized carbons (Fsp3) is 1.00. The van der Waals surface area contributed by atoms with Gasteiger partial charge in [-0.05, 0) is 31.2 Å². The Labute approximate surface area is 91.8 Å². The average Bonchev–Trinajstić information content (AvgIpc) is 2.01. The number of rotatable bonds is 6. The number of hydrogen-bond acceptors (Lipinski definition) is 1. The van der Waals surface area contributed by atoms with Crippen LogP contribution < -0.4 is 5.32 Å². The Kier molecular flexibility index (Phi) is 7.06. The SMILES string of the molecule is CCC(CCBr)NCCC(C)(C)C. The van der Waals surface area contributed by atoms with Crippen molar-refractivity contribution in [3.05, 3.63) is 0 Å². The molecule has 0 radical (unpaired) electrons. The van der Waals surface area contributed by atoms with E-state index in [1.165, 1.54) is 19.3 Å². The van der Waals surface area contributed by atoms with Crippen molar-refractivity contribution in [2.45, 2.75) is 53.0 Å². The predicted octanol–water partition coefficient (Wildman–Crippen LogP) is 3.58. The Bertz CT molecular complexity index is 118. The lowest BCUT2D eigenvalue weighted by Crippen LogP contribution is -2.31. The molecule has 0 aliphatic carbocycles. The Morgan fingerprint density at radius 3 is 2.31 bits per heavy atom. The second kappa shape index (κ2) is 6.83. The molecule has 0 bridgehead atoms. The van der Waals surface area contributed by atoms with E-state index >= 15 is 0 Å². The smallest absolute Gasteiger partial charge is 0.00723 e. The summed E-state index contributed by atoms with van der Waals surface area (Å²) in [6.45, 7) is 10.3. The van der Waals surface area contributed by atoms with Gasteiger partial charge in [0.15, 0.2) is 0 Å². The number of nitrogens with one attached hydrogen (secondary N) is 1. The first-order valence-electron chi connectivity index (χ1n) is 5.29. The Morgan fingerprint density at radius 1 is 1.31 bits per heavy atom. The van der Waals surface area contributed by atoms with E-state index in [2.05, 4.69) is 48.9 Å². The van der Waals surface area contributed by atoms with Gasteiger partial charge in [-0.2, -0.15) is 0 Å². The van der Waals surface area contributed by atoms with E-state index in [0.29, 0.717) is 11.5 Å². The van der Waals surface area contributed by atoms with E-state index in [0.717, 1.165) is 11.9 Å². The predicted molar refractivity (Wildman–Crippen MR) is 64.6 cm³/mol. The van der Waals surface area contributed by atoms with Gasteiger partial charge in [-0.1, -0.05) is 43.6 Å². The zero-order valence-electron chi connectivity index (χ0n) is 9.49. The Morgan fingerprint density at radius 2 is 1.92 bits per heavy atom. The van der Waals surface area contributed by atoms with E-state index in [4.69, 9.17) is 0 Å². The summed E-state index contributed by atoms with van der Waals surface area (Å²) in [5.41, 5.74) is 0.458. The van der Waals surface area contributed by atoms with E-state index in [1.807, 2.05) is 0 Å². The molecule has 0 saturated carbocycles. The highest BCUT2D eigenvalue weighted by Gasteiger charge is 2.10. The minimum absolute atomic E-state index is 0.458. The maximum atomic E-state index is 3.60. The fourth-order valence-electron chi connectivity index (χ4n) is 1.23. The molecule has 0 aromatic carbocycles. The molecule has 1 atom stereocenters. The van der Waals surface area contributed by atoms with Gasteiger partial charge in [0, 0.05) is 11.4 Å². The number of halogens is 1. The van der Waals surface area contributed by atoms with Crippen LogP contribution in [-0.4, -0.2) is 17.9 Å². The van der Waals surface area contributed by atoms with Crippen LogP contribution in [0.15, 0.2) is 0 Å². The molecule has 0 aliphatic heterocycles. The first kappa shape index (κ1) is 13.4. The fourth-order valence-corrected chi connectivity index (χ4v) is 1.79. The standard InChI is InChI=1S/C11H24BrN/c1-5-10(6-8-12)13-9-7-11(2,3)4/h10,13H,5-9H2,1-4H3. The van der Waals surface area contributed by atoms with Crippen molar-refractivity contribution in [3.63, 3.8) is 0 Å². The quantitative estimate of drug-likeness (QED) is 0.710. The lowest BCUT2D eigenvalue weighted by molar-refractivity contribution is 0.349. The van der Waals surface area contributed by atoms with Crippen LogP contribution in [0.4, 0.5) is 0 Å². The summed E-state index contributed by atoms with van der Waals surface area (Å²) in [5.74, 6) is 0. The van der Waals surface area contributed by atoms with Gasteiger partial charge in [0.2, 0.25) is 0 Å². The van der Waals surface area contributed by atoms with E-state index in [-0.39, 0.29) is 0 Å². The van der Waals surface area contributed by atoms with E-state index in [1.54, 1.807) is 0 Å². The lowest BCUT2D eigenvalue weighted by Gasteiger charge is -2.21. The first-order chi connectivity index (χ1) is 5.99. The largest absolute Gasteiger partial charge is 0.314 e. The van der Waals surface area contributed by atoms with Crippen molar-refractivity contribution in [3.8, 4) is 0 Å². The van der Waals surface area contributed by atoms with Gasteiger partial charge < -0.3 is 5.32 Å². The molecule has 0 aromatic rings. The zero-order valence-corrected chi connectivity index (χ0v) is 11.1. The van der Waals surface area contributed by atoms with Gasteiger partial charge in [-0.3, -0.25) is 0 Å². The molecule has 0 spiro atoms. The van der Waals surface area contributed by atoms with Crippen LogP contribution in [0.1, 0.15) is 47.0 Å². The van der Waals surface area contributed by atoms with Crippen LogP contribution in [0.5, 0.6) is 0 Å². The summed E-state index contributed by atoms with van der Waals surface area (Å²) in [4.78, 5) is 0. The van der Waals surface area contributed by atoms with Crippen LogP contribution in [0.25, 0.3) is 0 Å². The minimum atomic E-state index is 0.458. The van der Waals surface area contributed by atoms with Gasteiger partial charge in [0.1, 0.15) is 0 Å². The van der Waals surface area contributed by atoms with Crippen molar-refractivity contribution in [2.75, 3.05) is 11.9 Å². The molecule has 1 unspecified atom stereocenters. The molecule has 0 amide bonds. The van der Waals surface area contributed by atoms with Crippen LogP contribution in [0.2, 0.25) is 0 Å². The summed E-state index contributed by atoms with van der Waals surface area (Å²) in [5, 5.41) is 4.70. The summed E-state index contributed by atoms with van der Waals surface area (Å²) in [6, 6.07) is 0.696. The molecular formula is C11H24BrN. The summed E-state index contributed by atoms with van der Waals surface area (Å²) in [7, 11) is 0. The highest BCUT2D eigenvalue weighted by molar-refractivity contribution is 9.09. The summed E-state index contributed by atoms with van der Waals surface area (Å²) >= 11 is 3.48. The van der Waals surface area contributed by atoms with Crippen LogP contribution in [0, 0.1) is 5.41 Å². The van der Waals surface area contributed by atoms with Gasteiger partial charge in [0.05, 0.1) is 0 Å². The van der Waals surface area contributed by atoms with Crippen molar-refractivity contribution in [1.29, 1.82) is 0 Å². The molecule has 0 fully saturated rings. The molecule has 0 heterocycles. The monoisotopic (exact) mass is 249 g/mol. The zero-order chi connectivity index (χ0) is 10.3. The molecule has 2 heteroatoms. The molecule has 0 aromatic heterocycles. The topological polar surface area (TPSA) is 12.0 Å². The number of hydrogen-bond donors (Lipinski definition) is 1. The second-order valence-corrected chi connectivity index (χ2v) is 5.64. The molecule has 0 saturated heterocycles. The Balaban J connectivity index is 3.49. The first-order valence-corrected chi connectivity index (χ1v) is 6.41.